The zero-order valence-electron chi connectivity index (χ0n) is 11.9. The minimum atomic E-state index is 0. The number of pyridine rings is 1. The number of hydrogen-bond donors (Lipinski definition) is 1. The molecule has 1 aliphatic heterocycles. The molecule has 20 heavy (non-hydrogen) atoms. The van der Waals surface area contributed by atoms with Crippen LogP contribution in [0.5, 0.6) is 0 Å². The maximum atomic E-state index is 4.37. The van der Waals surface area contributed by atoms with Crippen LogP contribution in [0.25, 0.3) is 10.9 Å². The van der Waals surface area contributed by atoms with E-state index < -0.39 is 0 Å². The predicted molar refractivity (Wildman–Crippen MR) is 86.3 cm³/mol. The lowest BCUT2D eigenvalue weighted by Gasteiger charge is -2.16. The predicted octanol–water partition coefficient (Wildman–Crippen LogP) is 2.70. The van der Waals surface area contributed by atoms with Gasteiger partial charge in [0.25, 0.3) is 0 Å². The SMILES string of the molecule is CNCC1CCN(Cc2ccc3ncccc3c2)C1.Cl. The van der Waals surface area contributed by atoms with Gasteiger partial charge in [-0.15, -0.1) is 12.4 Å². The van der Waals surface area contributed by atoms with Gasteiger partial charge in [-0.3, -0.25) is 9.88 Å². The molecule has 4 heteroatoms. The Bertz CT molecular complexity index is 558. The molecule has 1 N–H and O–H groups in total. The number of nitrogens with one attached hydrogen (secondary N) is 1. The van der Waals surface area contributed by atoms with Gasteiger partial charge in [-0.25, -0.2) is 0 Å². The maximum absolute atomic E-state index is 4.37. The molecule has 0 radical (unpaired) electrons. The fourth-order valence-corrected chi connectivity index (χ4v) is 2.99. The van der Waals surface area contributed by atoms with Gasteiger partial charge in [-0.2, -0.15) is 0 Å². The van der Waals surface area contributed by atoms with Gasteiger partial charge in [-0.05, 0) is 56.2 Å². The fourth-order valence-electron chi connectivity index (χ4n) is 2.99. The molecule has 3 rings (SSSR count). The molecule has 1 aliphatic rings. The Morgan fingerprint density at radius 3 is 3.10 bits per heavy atom. The highest BCUT2D eigenvalue weighted by Gasteiger charge is 2.21. The minimum Gasteiger partial charge on any atom is -0.319 e. The molecule has 3 nitrogen and oxygen atoms in total. The molecule has 1 unspecified atom stereocenters. The van der Waals surface area contributed by atoms with Crippen molar-refractivity contribution >= 4 is 23.3 Å². The van der Waals surface area contributed by atoms with Crippen LogP contribution in [0.3, 0.4) is 0 Å². The molecule has 0 bridgehead atoms. The molecule has 0 amide bonds. The van der Waals surface area contributed by atoms with Crippen molar-refractivity contribution in [2.75, 3.05) is 26.7 Å². The van der Waals surface area contributed by atoms with Gasteiger partial charge in [0.2, 0.25) is 0 Å². The van der Waals surface area contributed by atoms with E-state index in [-0.39, 0.29) is 12.4 Å². The van der Waals surface area contributed by atoms with Crippen LogP contribution in [0, 0.1) is 5.92 Å². The highest BCUT2D eigenvalue weighted by molar-refractivity contribution is 5.85. The fraction of sp³-hybridized carbons (Fsp3) is 0.438. The van der Waals surface area contributed by atoms with Crippen LogP contribution in [0.15, 0.2) is 36.5 Å². The van der Waals surface area contributed by atoms with E-state index in [9.17, 15) is 0 Å². The van der Waals surface area contributed by atoms with E-state index in [4.69, 9.17) is 0 Å². The number of likely N-dealkylation sites (tertiary alicyclic amines) is 1. The Kier molecular flexibility index (Phi) is 5.35. The molecule has 1 atom stereocenters. The third-order valence-electron chi connectivity index (χ3n) is 3.94. The molecular formula is C16H22ClN3. The lowest BCUT2D eigenvalue weighted by Crippen LogP contribution is -2.24. The van der Waals surface area contributed by atoms with E-state index in [0.717, 1.165) is 24.5 Å². The summed E-state index contributed by atoms with van der Waals surface area (Å²) in [6, 6.07) is 10.8. The Morgan fingerprint density at radius 1 is 1.35 bits per heavy atom. The van der Waals surface area contributed by atoms with Gasteiger partial charge >= 0.3 is 0 Å². The van der Waals surface area contributed by atoms with E-state index in [0.29, 0.717) is 0 Å². The average Bonchev–Trinajstić information content (AvgIpc) is 2.86. The summed E-state index contributed by atoms with van der Waals surface area (Å²) in [5, 5.41) is 4.52. The van der Waals surface area contributed by atoms with Crippen LogP contribution >= 0.6 is 12.4 Å². The lowest BCUT2D eigenvalue weighted by molar-refractivity contribution is 0.315. The summed E-state index contributed by atoms with van der Waals surface area (Å²) in [7, 11) is 2.04. The van der Waals surface area contributed by atoms with Crippen molar-refractivity contribution < 1.29 is 0 Å². The largest absolute Gasteiger partial charge is 0.319 e. The molecule has 1 aromatic heterocycles. The van der Waals surface area contributed by atoms with Crippen LogP contribution in [-0.4, -0.2) is 36.6 Å². The average molecular weight is 292 g/mol. The van der Waals surface area contributed by atoms with E-state index >= 15 is 0 Å². The quantitative estimate of drug-likeness (QED) is 0.939. The summed E-state index contributed by atoms with van der Waals surface area (Å²) in [5.74, 6) is 0.812. The zero-order chi connectivity index (χ0) is 13.1. The summed E-state index contributed by atoms with van der Waals surface area (Å²) < 4.78 is 0. The summed E-state index contributed by atoms with van der Waals surface area (Å²) in [5.41, 5.74) is 2.48. The number of fused-ring (bicyclic) bond motifs is 1. The highest BCUT2D eigenvalue weighted by atomic mass is 35.5. The molecule has 0 saturated carbocycles. The van der Waals surface area contributed by atoms with Gasteiger partial charge < -0.3 is 5.32 Å². The van der Waals surface area contributed by atoms with Crippen LogP contribution in [0.1, 0.15) is 12.0 Å². The van der Waals surface area contributed by atoms with Crippen molar-refractivity contribution in [1.82, 2.24) is 15.2 Å². The maximum Gasteiger partial charge on any atom is 0.0702 e. The first-order chi connectivity index (χ1) is 9.35. The molecule has 1 fully saturated rings. The first-order valence-corrected chi connectivity index (χ1v) is 7.06. The summed E-state index contributed by atoms with van der Waals surface area (Å²) >= 11 is 0. The molecule has 0 aliphatic carbocycles. The third-order valence-corrected chi connectivity index (χ3v) is 3.94. The molecular weight excluding hydrogens is 270 g/mol. The van der Waals surface area contributed by atoms with E-state index in [1.54, 1.807) is 0 Å². The normalized spacial score (nSPS) is 19.1. The lowest BCUT2D eigenvalue weighted by atomic mass is 10.1. The molecule has 0 spiro atoms. The highest BCUT2D eigenvalue weighted by Crippen LogP contribution is 2.20. The van der Waals surface area contributed by atoms with Gasteiger partial charge in [0.15, 0.2) is 0 Å². The van der Waals surface area contributed by atoms with Crippen molar-refractivity contribution in [2.45, 2.75) is 13.0 Å². The van der Waals surface area contributed by atoms with Gasteiger partial charge in [0.05, 0.1) is 5.52 Å². The topological polar surface area (TPSA) is 28.2 Å². The number of halogens is 1. The van der Waals surface area contributed by atoms with Crippen molar-refractivity contribution in [3.05, 3.63) is 42.1 Å². The number of benzene rings is 1. The summed E-state index contributed by atoms with van der Waals surface area (Å²) in [6.07, 6.45) is 3.17. The summed E-state index contributed by atoms with van der Waals surface area (Å²) in [4.78, 5) is 6.92. The van der Waals surface area contributed by atoms with Crippen molar-refractivity contribution in [2.24, 2.45) is 5.92 Å². The Hall–Kier alpha value is -1.16. The van der Waals surface area contributed by atoms with Gasteiger partial charge in [0.1, 0.15) is 0 Å². The molecule has 1 saturated heterocycles. The first kappa shape index (κ1) is 15.2. The molecule has 108 valence electrons. The first-order valence-electron chi connectivity index (χ1n) is 7.06. The zero-order valence-corrected chi connectivity index (χ0v) is 12.7. The second-order valence-electron chi connectivity index (χ2n) is 5.48. The number of hydrogen-bond acceptors (Lipinski definition) is 3. The minimum absolute atomic E-state index is 0. The van der Waals surface area contributed by atoms with Gasteiger partial charge in [0, 0.05) is 24.7 Å². The Balaban J connectivity index is 0.00000147. The van der Waals surface area contributed by atoms with E-state index in [1.807, 2.05) is 19.3 Å². The number of aromatic nitrogens is 1. The molecule has 2 heterocycles. The second kappa shape index (κ2) is 7.02. The van der Waals surface area contributed by atoms with Crippen LogP contribution in [0.4, 0.5) is 0 Å². The van der Waals surface area contributed by atoms with Crippen molar-refractivity contribution in [3.63, 3.8) is 0 Å². The number of rotatable bonds is 4. The van der Waals surface area contributed by atoms with E-state index in [1.165, 1.54) is 30.5 Å². The Morgan fingerprint density at radius 2 is 2.25 bits per heavy atom. The Labute approximate surface area is 126 Å². The van der Waals surface area contributed by atoms with E-state index in [2.05, 4.69) is 39.5 Å². The smallest absolute Gasteiger partial charge is 0.0702 e. The van der Waals surface area contributed by atoms with Crippen LogP contribution < -0.4 is 5.32 Å². The van der Waals surface area contributed by atoms with Crippen molar-refractivity contribution in [3.8, 4) is 0 Å². The van der Waals surface area contributed by atoms with Crippen LogP contribution in [0.2, 0.25) is 0 Å². The molecule has 1 aromatic carbocycles. The van der Waals surface area contributed by atoms with Gasteiger partial charge in [-0.1, -0.05) is 12.1 Å². The monoisotopic (exact) mass is 291 g/mol. The number of nitrogens with zero attached hydrogens (tertiary/aromatic N) is 2. The van der Waals surface area contributed by atoms with Crippen molar-refractivity contribution in [1.29, 1.82) is 0 Å². The summed E-state index contributed by atoms with van der Waals surface area (Å²) in [6.45, 7) is 4.63. The van der Waals surface area contributed by atoms with Crippen LogP contribution in [-0.2, 0) is 6.54 Å². The second-order valence-corrected chi connectivity index (χ2v) is 5.48. The molecule has 2 aromatic rings. The third kappa shape index (κ3) is 3.48. The standard InChI is InChI=1S/C16H21N3.ClH/c1-17-10-14-6-8-19(12-14)11-13-4-5-16-15(9-13)3-2-7-18-16;/h2-5,7,9,14,17H,6,8,10-12H2,1H3;1H.